The van der Waals surface area contributed by atoms with Gasteiger partial charge in [0.15, 0.2) is 5.82 Å². The number of nitrogens with zero attached hydrogens (tertiary/aromatic N) is 4. The van der Waals surface area contributed by atoms with Crippen LogP contribution in [0.15, 0.2) is 36.5 Å². The van der Waals surface area contributed by atoms with Crippen molar-refractivity contribution in [3.8, 4) is 0 Å². The molecule has 1 atom stereocenters. The highest BCUT2D eigenvalue weighted by atomic mass is 16.6. The van der Waals surface area contributed by atoms with Gasteiger partial charge in [-0.15, -0.1) is 5.10 Å². The molecule has 1 unspecified atom stereocenters. The molecule has 1 N–H and O–H groups in total. The molecule has 1 aromatic carbocycles. The number of hydrogen-bond donors (Lipinski definition) is 1. The Balaban J connectivity index is 1.74. The van der Waals surface area contributed by atoms with E-state index in [4.69, 9.17) is 0 Å². The Hall–Kier alpha value is -3.03. The number of benzene rings is 1. The van der Waals surface area contributed by atoms with Gasteiger partial charge in [0.25, 0.3) is 11.6 Å². The number of rotatable bonds is 4. The number of nitrogens with one attached hydrogen (secondary N) is 1. The molecule has 0 spiro atoms. The van der Waals surface area contributed by atoms with Crippen molar-refractivity contribution in [3.05, 3.63) is 57.8 Å². The average molecular weight is 341 g/mol. The highest BCUT2D eigenvalue weighted by molar-refractivity contribution is 5.99. The number of hydrogen-bond acceptors (Lipinski definition) is 6. The number of carbonyl (C=O) groups excluding carboxylic acids is 1. The first kappa shape index (κ1) is 16.8. The Labute approximate surface area is 145 Å². The first-order valence-electron chi connectivity index (χ1n) is 8.14. The van der Waals surface area contributed by atoms with Crippen LogP contribution < -0.4 is 10.2 Å². The van der Waals surface area contributed by atoms with E-state index >= 15 is 0 Å². The standard InChI is InChI=1S/C17H19N5O3/c1-12-5-2-7-14(22(24)25)16(12)17(23)19-13-6-4-10-21(11-13)15-8-3-9-18-20-15/h2-3,5,7-9,13H,4,6,10-11H2,1H3,(H,19,23). The van der Waals surface area contributed by atoms with Crippen molar-refractivity contribution >= 4 is 17.4 Å². The van der Waals surface area contributed by atoms with Crippen LogP contribution in [-0.4, -0.2) is 40.2 Å². The molecule has 1 fully saturated rings. The van der Waals surface area contributed by atoms with E-state index in [1.54, 1.807) is 25.3 Å². The van der Waals surface area contributed by atoms with E-state index in [0.717, 1.165) is 25.2 Å². The van der Waals surface area contributed by atoms with Crippen molar-refractivity contribution in [1.82, 2.24) is 15.5 Å². The molecule has 8 nitrogen and oxygen atoms in total. The Morgan fingerprint density at radius 3 is 2.92 bits per heavy atom. The summed E-state index contributed by atoms with van der Waals surface area (Å²) in [7, 11) is 0. The zero-order valence-electron chi connectivity index (χ0n) is 13.9. The second-order valence-electron chi connectivity index (χ2n) is 6.07. The first-order chi connectivity index (χ1) is 12.1. The van der Waals surface area contributed by atoms with E-state index in [2.05, 4.69) is 20.4 Å². The third-order valence-corrected chi connectivity index (χ3v) is 4.31. The van der Waals surface area contributed by atoms with Gasteiger partial charge in [-0.3, -0.25) is 14.9 Å². The predicted molar refractivity (Wildman–Crippen MR) is 92.6 cm³/mol. The Morgan fingerprint density at radius 2 is 2.20 bits per heavy atom. The Bertz CT molecular complexity index is 781. The molecule has 0 radical (unpaired) electrons. The zero-order valence-corrected chi connectivity index (χ0v) is 13.9. The van der Waals surface area contributed by atoms with Crippen molar-refractivity contribution in [1.29, 1.82) is 0 Å². The predicted octanol–water partition coefficient (Wildman–Crippen LogP) is 2.09. The van der Waals surface area contributed by atoms with Gasteiger partial charge in [-0.05, 0) is 37.5 Å². The number of anilines is 1. The molecule has 0 bridgehead atoms. The molecule has 1 aliphatic rings. The zero-order chi connectivity index (χ0) is 17.8. The van der Waals surface area contributed by atoms with Crippen molar-refractivity contribution in [2.24, 2.45) is 0 Å². The summed E-state index contributed by atoms with van der Waals surface area (Å²) in [4.78, 5) is 25.4. The molecule has 130 valence electrons. The summed E-state index contributed by atoms with van der Waals surface area (Å²) >= 11 is 0. The van der Waals surface area contributed by atoms with Crippen molar-refractivity contribution in [3.63, 3.8) is 0 Å². The minimum atomic E-state index is -0.519. The lowest BCUT2D eigenvalue weighted by Gasteiger charge is -2.33. The lowest BCUT2D eigenvalue weighted by Crippen LogP contribution is -2.48. The van der Waals surface area contributed by atoms with Crippen LogP contribution in [0, 0.1) is 17.0 Å². The maximum atomic E-state index is 12.6. The van der Waals surface area contributed by atoms with Crippen molar-refractivity contribution in [2.75, 3.05) is 18.0 Å². The van der Waals surface area contributed by atoms with E-state index < -0.39 is 10.8 Å². The van der Waals surface area contributed by atoms with E-state index in [1.165, 1.54) is 6.07 Å². The van der Waals surface area contributed by atoms with Crippen LogP contribution >= 0.6 is 0 Å². The number of aryl methyl sites for hydroxylation is 1. The highest BCUT2D eigenvalue weighted by Crippen LogP contribution is 2.23. The van der Waals surface area contributed by atoms with Crippen LogP contribution in [0.25, 0.3) is 0 Å². The van der Waals surface area contributed by atoms with E-state index in [-0.39, 0.29) is 17.3 Å². The van der Waals surface area contributed by atoms with Gasteiger partial charge in [0.05, 0.1) is 4.92 Å². The number of aromatic nitrogens is 2. The van der Waals surface area contributed by atoms with Crippen LogP contribution in [-0.2, 0) is 0 Å². The van der Waals surface area contributed by atoms with Crippen molar-refractivity contribution in [2.45, 2.75) is 25.8 Å². The van der Waals surface area contributed by atoms with E-state index in [9.17, 15) is 14.9 Å². The van der Waals surface area contributed by atoms with Gasteiger partial charge >= 0.3 is 0 Å². The summed E-state index contributed by atoms with van der Waals surface area (Å²) in [6, 6.07) is 8.25. The van der Waals surface area contributed by atoms with Crippen LogP contribution in [0.1, 0.15) is 28.8 Å². The van der Waals surface area contributed by atoms with E-state index in [1.807, 2.05) is 12.1 Å². The highest BCUT2D eigenvalue weighted by Gasteiger charge is 2.27. The first-order valence-corrected chi connectivity index (χ1v) is 8.14. The molecule has 25 heavy (non-hydrogen) atoms. The third-order valence-electron chi connectivity index (χ3n) is 4.31. The normalized spacial score (nSPS) is 17.2. The number of nitro groups is 1. The second-order valence-corrected chi connectivity index (χ2v) is 6.07. The van der Waals surface area contributed by atoms with Gasteiger partial charge in [-0.2, -0.15) is 5.10 Å². The minimum Gasteiger partial charge on any atom is -0.353 e. The quantitative estimate of drug-likeness (QED) is 0.675. The summed E-state index contributed by atoms with van der Waals surface area (Å²) in [6.45, 7) is 3.15. The Kier molecular flexibility index (Phi) is 4.87. The fraction of sp³-hybridized carbons (Fsp3) is 0.353. The van der Waals surface area contributed by atoms with Gasteiger partial charge < -0.3 is 10.2 Å². The van der Waals surface area contributed by atoms with Crippen molar-refractivity contribution < 1.29 is 9.72 Å². The molecular weight excluding hydrogens is 322 g/mol. The molecule has 0 saturated carbocycles. The largest absolute Gasteiger partial charge is 0.353 e. The van der Waals surface area contributed by atoms with Gasteiger partial charge in [-0.25, -0.2) is 0 Å². The minimum absolute atomic E-state index is 0.0949. The molecule has 3 rings (SSSR count). The molecule has 1 saturated heterocycles. The lowest BCUT2D eigenvalue weighted by molar-refractivity contribution is -0.385. The Morgan fingerprint density at radius 1 is 1.36 bits per heavy atom. The topological polar surface area (TPSA) is 101 Å². The van der Waals surface area contributed by atoms with Crippen LogP contribution in [0.4, 0.5) is 11.5 Å². The monoisotopic (exact) mass is 341 g/mol. The summed E-state index contributed by atoms with van der Waals surface area (Å²) in [6.07, 6.45) is 3.34. The molecule has 0 aliphatic carbocycles. The average Bonchev–Trinajstić information content (AvgIpc) is 2.62. The van der Waals surface area contributed by atoms with Gasteiger partial charge in [0, 0.05) is 31.4 Å². The van der Waals surface area contributed by atoms with Gasteiger partial charge in [0.1, 0.15) is 5.56 Å². The van der Waals surface area contributed by atoms with Gasteiger partial charge in [0.2, 0.25) is 0 Å². The third kappa shape index (κ3) is 3.73. The molecule has 8 heteroatoms. The molecule has 1 aromatic heterocycles. The SMILES string of the molecule is Cc1cccc([N+](=O)[O-])c1C(=O)NC1CCCN(c2cccnn2)C1. The number of amides is 1. The molecule has 2 heterocycles. The van der Waals surface area contributed by atoms with Crippen LogP contribution in [0.5, 0.6) is 0 Å². The fourth-order valence-corrected chi connectivity index (χ4v) is 3.12. The van der Waals surface area contributed by atoms with E-state index in [0.29, 0.717) is 12.1 Å². The number of piperidine rings is 1. The summed E-state index contributed by atoms with van der Waals surface area (Å²) in [5.41, 5.74) is 0.552. The maximum Gasteiger partial charge on any atom is 0.282 e. The molecule has 1 aliphatic heterocycles. The lowest BCUT2D eigenvalue weighted by atomic mass is 10.0. The summed E-state index contributed by atoms with van der Waals surface area (Å²) in [5.74, 6) is 0.360. The number of carbonyl (C=O) groups is 1. The fourth-order valence-electron chi connectivity index (χ4n) is 3.12. The molecule has 1 amide bonds. The smallest absolute Gasteiger partial charge is 0.282 e. The molecular formula is C17H19N5O3. The summed E-state index contributed by atoms with van der Waals surface area (Å²) < 4.78 is 0. The van der Waals surface area contributed by atoms with Gasteiger partial charge in [-0.1, -0.05) is 12.1 Å². The number of nitro benzene ring substituents is 1. The molecule has 2 aromatic rings. The van der Waals surface area contributed by atoms with Crippen LogP contribution in [0.3, 0.4) is 0 Å². The summed E-state index contributed by atoms with van der Waals surface area (Å²) in [5, 5.41) is 22.1. The second kappa shape index (κ2) is 7.25. The maximum absolute atomic E-state index is 12.6. The van der Waals surface area contributed by atoms with Crippen LogP contribution in [0.2, 0.25) is 0 Å².